The zero-order valence-electron chi connectivity index (χ0n) is 12.9. The van der Waals surface area contributed by atoms with Crippen LogP contribution in [0.4, 0.5) is 0 Å². The Kier molecular flexibility index (Phi) is 3.78. The average Bonchev–Trinajstić information content (AvgIpc) is 2.45. The topological polar surface area (TPSA) is 49.3 Å². The van der Waals surface area contributed by atoms with Crippen molar-refractivity contribution in [3.8, 4) is 0 Å². The fraction of sp³-hybridized carbons (Fsp3) is 0.611. The lowest BCUT2D eigenvalue weighted by molar-refractivity contribution is 0.0298. The van der Waals surface area contributed by atoms with E-state index in [4.69, 9.17) is 5.11 Å². The van der Waals surface area contributed by atoms with Crippen molar-refractivity contribution in [1.82, 2.24) is 5.32 Å². The van der Waals surface area contributed by atoms with Crippen LogP contribution in [0.1, 0.15) is 61.5 Å². The fourth-order valence-corrected chi connectivity index (χ4v) is 4.18. The Bertz CT molecular complexity index is 513. The van der Waals surface area contributed by atoms with Gasteiger partial charge < -0.3 is 10.4 Å². The summed E-state index contributed by atoms with van der Waals surface area (Å²) in [6, 6.07) is 7.75. The van der Waals surface area contributed by atoms with Gasteiger partial charge in [-0.15, -0.1) is 0 Å². The van der Waals surface area contributed by atoms with Gasteiger partial charge in [0.1, 0.15) is 0 Å². The largest absolute Gasteiger partial charge is 0.478 e. The molecule has 1 aromatic rings. The number of hydrogen-bond acceptors (Lipinski definition) is 2. The number of carbonyl (C=O) groups is 1. The third-order valence-corrected chi connectivity index (χ3v) is 5.30. The maximum absolute atomic E-state index is 10.9. The molecular weight excluding hydrogens is 262 g/mol. The van der Waals surface area contributed by atoms with E-state index in [0.29, 0.717) is 17.0 Å². The van der Waals surface area contributed by atoms with Crippen LogP contribution < -0.4 is 5.32 Å². The molecule has 1 aliphatic heterocycles. The molecule has 2 aliphatic rings. The summed E-state index contributed by atoms with van der Waals surface area (Å²) in [5.41, 5.74) is 2.14. The van der Waals surface area contributed by atoms with Crippen LogP contribution in [-0.2, 0) is 0 Å². The van der Waals surface area contributed by atoms with Gasteiger partial charge in [-0.2, -0.15) is 0 Å². The van der Waals surface area contributed by atoms with E-state index in [-0.39, 0.29) is 0 Å². The first-order chi connectivity index (χ1) is 9.94. The molecule has 0 radical (unpaired) electrons. The number of carboxylic acid groups (broad SMARTS) is 1. The molecule has 114 valence electrons. The number of nitrogens with one attached hydrogen (secondary N) is 1. The lowest BCUT2D eigenvalue weighted by Crippen LogP contribution is -2.42. The minimum atomic E-state index is -0.854. The van der Waals surface area contributed by atoms with Gasteiger partial charge in [-0.05, 0) is 67.2 Å². The minimum Gasteiger partial charge on any atom is -0.478 e. The summed E-state index contributed by atoms with van der Waals surface area (Å²) in [5.74, 6) is 0.860. The lowest BCUT2D eigenvalue weighted by Gasteiger charge is -2.49. The first kappa shape index (κ1) is 14.6. The van der Waals surface area contributed by atoms with Gasteiger partial charge in [0.2, 0.25) is 0 Å². The molecule has 2 N–H and O–H groups in total. The van der Waals surface area contributed by atoms with Gasteiger partial charge in [0.25, 0.3) is 0 Å². The number of carboxylic acids is 1. The van der Waals surface area contributed by atoms with Gasteiger partial charge in [-0.25, -0.2) is 4.79 Å². The third-order valence-electron chi connectivity index (χ3n) is 5.30. The number of piperidine rings is 1. The Morgan fingerprint density at radius 1 is 1.19 bits per heavy atom. The summed E-state index contributed by atoms with van der Waals surface area (Å²) in [4.78, 5) is 10.9. The zero-order valence-corrected chi connectivity index (χ0v) is 12.9. The summed E-state index contributed by atoms with van der Waals surface area (Å²) in [7, 11) is 0. The maximum Gasteiger partial charge on any atom is 0.335 e. The summed E-state index contributed by atoms with van der Waals surface area (Å²) in [5, 5.41) is 12.6. The predicted molar refractivity (Wildman–Crippen MR) is 83.4 cm³/mol. The van der Waals surface area contributed by atoms with Crippen molar-refractivity contribution in [2.24, 2.45) is 17.3 Å². The molecule has 1 aromatic carbocycles. The van der Waals surface area contributed by atoms with Gasteiger partial charge in [0, 0.05) is 6.04 Å². The van der Waals surface area contributed by atoms with E-state index < -0.39 is 5.97 Å². The van der Waals surface area contributed by atoms with Crippen molar-refractivity contribution in [3.05, 3.63) is 35.4 Å². The second kappa shape index (κ2) is 5.45. The number of aromatic carboxylic acids is 1. The molecule has 1 heterocycles. The van der Waals surface area contributed by atoms with Crippen molar-refractivity contribution < 1.29 is 9.90 Å². The number of benzene rings is 1. The summed E-state index contributed by atoms with van der Waals surface area (Å²) in [6.07, 6.45) is 5.20. The molecule has 3 nitrogen and oxygen atoms in total. The van der Waals surface area contributed by atoms with Crippen LogP contribution in [0.5, 0.6) is 0 Å². The van der Waals surface area contributed by atoms with Crippen LogP contribution in [0, 0.1) is 17.3 Å². The highest BCUT2D eigenvalue weighted by Crippen LogP contribution is 2.51. The third kappa shape index (κ3) is 3.13. The van der Waals surface area contributed by atoms with E-state index in [1.165, 1.54) is 31.2 Å². The van der Waals surface area contributed by atoms with Crippen molar-refractivity contribution in [2.45, 2.75) is 45.6 Å². The molecule has 2 unspecified atom stereocenters. The SMILES string of the molecule is CC1(C)CC(C2CCNC(c3ccc(C(=O)O)cc3)C2)C1. The Balaban J connectivity index is 1.64. The first-order valence-electron chi connectivity index (χ1n) is 8.01. The van der Waals surface area contributed by atoms with Crippen LogP contribution in [0.15, 0.2) is 24.3 Å². The van der Waals surface area contributed by atoms with E-state index >= 15 is 0 Å². The van der Waals surface area contributed by atoms with E-state index in [2.05, 4.69) is 19.2 Å². The highest BCUT2D eigenvalue weighted by molar-refractivity contribution is 5.87. The summed E-state index contributed by atoms with van der Waals surface area (Å²) >= 11 is 0. The van der Waals surface area contributed by atoms with Crippen molar-refractivity contribution in [1.29, 1.82) is 0 Å². The van der Waals surface area contributed by atoms with Gasteiger partial charge in [0.15, 0.2) is 0 Å². The second-order valence-electron chi connectivity index (χ2n) is 7.55. The lowest BCUT2D eigenvalue weighted by atomic mass is 9.58. The minimum absolute atomic E-state index is 0.367. The Morgan fingerprint density at radius 3 is 2.43 bits per heavy atom. The van der Waals surface area contributed by atoms with Gasteiger partial charge in [-0.1, -0.05) is 26.0 Å². The Labute approximate surface area is 126 Å². The maximum atomic E-state index is 10.9. The van der Waals surface area contributed by atoms with E-state index in [0.717, 1.165) is 18.4 Å². The molecule has 0 aromatic heterocycles. The fourth-order valence-electron chi connectivity index (χ4n) is 4.18. The van der Waals surface area contributed by atoms with Gasteiger partial charge in [0.05, 0.1) is 5.56 Å². The van der Waals surface area contributed by atoms with E-state index in [1.807, 2.05) is 12.1 Å². The van der Waals surface area contributed by atoms with E-state index in [9.17, 15) is 4.79 Å². The normalized spacial score (nSPS) is 28.9. The smallest absolute Gasteiger partial charge is 0.335 e. The molecule has 3 rings (SSSR count). The molecule has 1 saturated heterocycles. The molecule has 0 bridgehead atoms. The Morgan fingerprint density at radius 2 is 1.86 bits per heavy atom. The number of rotatable bonds is 3. The van der Waals surface area contributed by atoms with Crippen LogP contribution >= 0.6 is 0 Å². The highest BCUT2D eigenvalue weighted by atomic mass is 16.4. The standard InChI is InChI=1S/C18H25NO2/c1-18(2)10-15(11-18)14-7-8-19-16(9-14)12-3-5-13(6-4-12)17(20)21/h3-6,14-16,19H,7-11H2,1-2H3,(H,20,21). The molecule has 0 spiro atoms. The van der Waals surface area contributed by atoms with Crippen LogP contribution in [0.25, 0.3) is 0 Å². The molecule has 1 saturated carbocycles. The van der Waals surface area contributed by atoms with E-state index in [1.54, 1.807) is 12.1 Å². The molecular formula is C18H25NO2. The average molecular weight is 287 g/mol. The molecule has 0 amide bonds. The van der Waals surface area contributed by atoms with Crippen molar-refractivity contribution >= 4 is 5.97 Å². The van der Waals surface area contributed by atoms with Crippen LogP contribution in [0.2, 0.25) is 0 Å². The number of hydrogen-bond donors (Lipinski definition) is 2. The van der Waals surface area contributed by atoms with Gasteiger partial charge >= 0.3 is 5.97 Å². The molecule has 21 heavy (non-hydrogen) atoms. The summed E-state index contributed by atoms with van der Waals surface area (Å²) < 4.78 is 0. The zero-order chi connectivity index (χ0) is 15.0. The van der Waals surface area contributed by atoms with Crippen LogP contribution in [-0.4, -0.2) is 17.6 Å². The second-order valence-corrected chi connectivity index (χ2v) is 7.55. The summed E-state index contributed by atoms with van der Waals surface area (Å²) in [6.45, 7) is 5.81. The highest BCUT2D eigenvalue weighted by Gasteiger charge is 2.41. The molecule has 2 fully saturated rings. The molecule has 1 aliphatic carbocycles. The van der Waals surface area contributed by atoms with Gasteiger partial charge in [-0.3, -0.25) is 0 Å². The predicted octanol–water partition coefficient (Wildman–Crippen LogP) is 3.86. The van der Waals surface area contributed by atoms with Crippen molar-refractivity contribution in [2.75, 3.05) is 6.54 Å². The Hall–Kier alpha value is -1.35. The molecule has 3 heteroatoms. The molecule has 2 atom stereocenters. The monoisotopic (exact) mass is 287 g/mol. The van der Waals surface area contributed by atoms with Crippen molar-refractivity contribution in [3.63, 3.8) is 0 Å². The quantitative estimate of drug-likeness (QED) is 0.887. The first-order valence-corrected chi connectivity index (χ1v) is 8.01. The van der Waals surface area contributed by atoms with Crippen LogP contribution in [0.3, 0.4) is 0 Å².